The van der Waals surface area contributed by atoms with Gasteiger partial charge in [0.2, 0.25) is 0 Å². The summed E-state index contributed by atoms with van der Waals surface area (Å²) in [5.41, 5.74) is 4.88. The van der Waals surface area contributed by atoms with E-state index in [2.05, 4.69) is 63.3 Å². The average molecular weight is 302 g/mol. The first kappa shape index (κ1) is 15.9. The number of benzene rings is 2. The second-order valence-electron chi connectivity index (χ2n) is 6.19. The third kappa shape index (κ3) is 4.50. The molecule has 1 unspecified atom stereocenters. The number of hydrogen-bond acceptors (Lipinski definition) is 1. The molecule has 0 aliphatic heterocycles. The second kappa shape index (κ2) is 7.00. The fourth-order valence-corrected chi connectivity index (χ4v) is 2.65. The van der Waals surface area contributed by atoms with E-state index in [0.717, 1.165) is 17.1 Å². The van der Waals surface area contributed by atoms with Crippen LogP contribution in [0.15, 0.2) is 42.5 Å². The first-order valence-electron chi connectivity index (χ1n) is 7.57. The van der Waals surface area contributed by atoms with Crippen molar-refractivity contribution >= 4 is 17.3 Å². The Bertz CT molecular complexity index is 587. The van der Waals surface area contributed by atoms with Crippen LogP contribution < -0.4 is 5.32 Å². The van der Waals surface area contributed by atoms with Crippen molar-refractivity contribution in [2.75, 3.05) is 5.32 Å². The van der Waals surface area contributed by atoms with Gasteiger partial charge in [-0.2, -0.15) is 0 Å². The maximum atomic E-state index is 6.25. The van der Waals surface area contributed by atoms with Crippen LogP contribution in [0.3, 0.4) is 0 Å². The SMILES string of the molecule is Cc1ccc(Cl)c(NC(C)c2ccc(CC(C)C)cc2)c1. The molecule has 0 aromatic heterocycles. The number of hydrogen-bond donors (Lipinski definition) is 1. The van der Waals surface area contributed by atoms with E-state index in [9.17, 15) is 0 Å². The monoisotopic (exact) mass is 301 g/mol. The van der Waals surface area contributed by atoms with E-state index in [1.165, 1.54) is 16.7 Å². The van der Waals surface area contributed by atoms with Gasteiger partial charge in [0.15, 0.2) is 0 Å². The minimum absolute atomic E-state index is 0.234. The van der Waals surface area contributed by atoms with Gasteiger partial charge in [0.1, 0.15) is 0 Å². The standard InChI is InChI=1S/C19H24ClN/c1-13(2)11-16-6-8-17(9-7-16)15(4)21-19-12-14(3)5-10-18(19)20/h5-10,12-13,15,21H,11H2,1-4H3. The fraction of sp³-hybridized carbons (Fsp3) is 0.368. The predicted molar refractivity (Wildman–Crippen MR) is 93.2 cm³/mol. The first-order chi connectivity index (χ1) is 9.95. The summed E-state index contributed by atoms with van der Waals surface area (Å²) in [6, 6.07) is 15.2. The van der Waals surface area contributed by atoms with Crippen molar-refractivity contribution in [3.63, 3.8) is 0 Å². The van der Waals surface area contributed by atoms with E-state index in [1.807, 2.05) is 12.1 Å². The molecule has 0 saturated carbocycles. The van der Waals surface area contributed by atoms with E-state index < -0.39 is 0 Å². The van der Waals surface area contributed by atoms with Gasteiger partial charge >= 0.3 is 0 Å². The zero-order valence-corrected chi connectivity index (χ0v) is 14.0. The summed E-state index contributed by atoms with van der Waals surface area (Å²) >= 11 is 6.25. The molecule has 112 valence electrons. The Morgan fingerprint density at radius 1 is 1.00 bits per heavy atom. The number of anilines is 1. The van der Waals surface area contributed by atoms with Crippen molar-refractivity contribution in [1.82, 2.24) is 0 Å². The average Bonchev–Trinajstić information content (AvgIpc) is 2.43. The third-order valence-electron chi connectivity index (χ3n) is 3.62. The maximum absolute atomic E-state index is 6.25. The van der Waals surface area contributed by atoms with Crippen molar-refractivity contribution < 1.29 is 0 Å². The molecule has 2 aromatic rings. The molecule has 0 spiro atoms. The molecule has 1 N–H and O–H groups in total. The van der Waals surface area contributed by atoms with Crippen LogP contribution in [0.2, 0.25) is 5.02 Å². The lowest BCUT2D eigenvalue weighted by Crippen LogP contribution is -2.07. The zero-order valence-electron chi connectivity index (χ0n) is 13.3. The van der Waals surface area contributed by atoms with Crippen molar-refractivity contribution in [3.05, 3.63) is 64.2 Å². The van der Waals surface area contributed by atoms with Crippen LogP contribution in [-0.2, 0) is 6.42 Å². The van der Waals surface area contributed by atoms with E-state index in [0.29, 0.717) is 5.92 Å². The van der Waals surface area contributed by atoms with Gasteiger partial charge in [0.05, 0.1) is 10.7 Å². The minimum Gasteiger partial charge on any atom is -0.377 e. The predicted octanol–water partition coefficient (Wildman–Crippen LogP) is 6.02. The van der Waals surface area contributed by atoms with Gasteiger partial charge in [0, 0.05) is 6.04 Å². The summed E-state index contributed by atoms with van der Waals surface area (Å²) < 4.78 is 0. The highest BCUT2D eigenvalue weighted by Gasteiger charge is 2.08. The third-order valence-corrected chi connectivity index (χ3v) is 3.95. The highest BCUT2D eigenvalue weighted by atomic mass is 35.5. The van der Waals surface area contributed by atoms with Crippen molar-refractivity contribution in [2.24, 2.45) is 5.92 Å². The van der Waals surface area contributed by atoms with Crippen molar-refractivity contribution in [3.8, 4) is 0 Å². The quantitative estimate of drug-likeness (QED) is 0.712. The first-order valence-corrected chi connectivity index (χ1v) is 7.95. The van der Waals surface area contributed by atoms with Gasteiger partial charge in [-0.25, -0.2) is 0 Å². The molecule has 2 aromatic carbocycles. The fourth-order valence-electron chi connectivity index (χ4n) is 2.48. The van der Waals surface area contributed by atoms with Gasteiger partial charge in [-0.1, -0.05) is 55.8 Å². The van der Waals surface area contributed by atoms with Crippen LogP contribution >= 0.6 is 11.6 Å². The van der Waals surface area contributed by atoms with E-state index in [1.54, 1.807) is 0 Å². The summed E-state index contributed by atoms with van der Waals surface area (Å²) in [5, 5.41) is 4.26. The summed E-state index contributed by atoms with van der Waals surface area (Å²) in [4.78, 5) is 0. The molecular formula is C19H24ClN. The van der Waals surface area contributed by atoms with Gasteiger partial charge in [0.25, 0.3) is 0 Å². The summed E-state index contributed by atoms with van der Waals surface area (Å²) in [6.07, 6.45) is 1.13. The van der Waals surface area contributed by atoms with Crippen LogP contribution in [-0.4, -0.2) is 0 Å². The normalized spacial score (nSPS) is 12.5. The molecule has 21 heavy (non-hydrogen) atoms. The van der Waals surface area contributed by atoms with Crippen LogP contribution in [0.25, 0.3) is 0 Å². The van der Waals surface area contributed by atoms with Gasteiger partial charge in [-0.15, -0.1) is 0 Å². The zero-order chi connectivity index (χ0) is 15.4. The number of nitrogens with one attached hydrogen (secondary N) is 1. The summed E-state index contributed by atoms with van der Waals surface area (Å²) in [5.74, 6) is 0.692. The van der Waals surface area contributed by atoms with Crippen LogP contribution in [0.4, 0.5) is 5.69 Å². The molecule has 0 bridgehead atoms. The maximum Gasteiger partial charge on any atom is 0.0637 e. The molecule has 0 saturated heterocycles. The Kier molecular flexibility index (Phi) is 5.30. The van der Waals surface area contributed by atoms with E-state index in [-0.39, 0.29) is 6.04 Å². The number of aryl methyl sites for hydroxylation is 1. The number of halogens is 1. The van der Waals surface area contributed by atoms with Crippen LogP contribution in [0.1, 0.15) is 43.5 Å². The Balaban J connectivity index is 2.09. The van der Waals surface area contributed by atoms with Crippen molar-refractivity contribution in [1.29, 1.82) is 0 Å². The van der Waals surface area contributed by atoms with Crippen LogP contribution in [0.5, 0.6) is 0 Å². The van der Waals surface area contributed by atoms with Gasteiger partial charge in [-0.05, 0) is 55.0 Å². The lowest BCUT2D eigenvalue weighted by molar-refractivity contribution is 0.647. The molecule has 2 heteroatoms. The summed E-state index contributed by atoms with van der Waals surface area (Å²) in [7, 11) is 0. The molecular weight excluding hydrogens is 278 g/mol. The van der Waals surface area contributed by atoms with Gasteiger partial charge < -0.3 is 5.32 Å². The molecule has 2 rings (SSSR count). The van der Waals surface area contributed by atoms with E-state index in [4.69, 9.17) is 11.6 Å². The minimum atomic E-state index is 0.234. The smallest absolute Gasteiger partial charge is 0.0637 e. The molecule has 0 fully saturated rings. The van der Waals surface area contributed by atoms with Crippen LogP contribution in [0, 0.1) is 12.8 Å². The number of rotatable bonds is 5. The topological polar surface area (TPSA) is 12.0 Å². The summed E-state index contributed by atoms with van der Waals surface area (Å²) in [6.45, 7) is 8.73. The molecule has 0 aliphatic rings. The second-order valence-corrected chi connectivity index (χ2v) is 6.60. The van der Waals surface area contributed by atoms with E-state index >= 15 is 0 Å². The highest BCUT2D eigenvalue weighted by Crippen LogP contribution is 2.27. The largest absolute Gasteiger partial charge is 0.377 e. The molecule has 0 amide bonds. The Hall–Kier alpha value is -1.47. The molecule has 0 heterocycles. The molecule has 1 nitrogen and oxygen atoms in total. The van der Waals surface area contributed by atoms with Crippen molar-refractivity contribution in [2.45, 2.75) is 40.2 Å². The molecule has 0 radical (unpaired) electrons. The Labute approximate surface area is 133 Å². The molecule has 1 atom stereocenters. The Morgan fingerprint density at radius 2 is 1.67 bits per heavy atom. The lowest BCUT2D eigenvalue weighted by atomic mass is 10.00. The lowest BCUT2D eigenvalue weighted by Gasteiger charge is -2.18. The Morgan fingerprint density at radius 3 is 2.29 bits per heavy atom. The molecule has 0 aliphatic carbocycles. The highest BCUT2D eigenvalue weighted by molar-refractivity contribution is 6.33. The van der Waals surface area contributed by atoms with Gasteiger partial charge in [-0.3, -0.25) is 0 Å².